The van der Waals surface area contributed by atoms with Gasteiger partial charge in [0, 0.05) is 11.8 Å². The molecule has 2 aromatic carbocycles. The zero-order valence-electron chi connectivity index (χ0n) is 15.4. The molecule has 1 N–H and O–H groups in total. The van der Waals surface area contributed by atoms with Gasteiger partial charge in [-0.3, -0.25) is 9.10 Å². The van der Waals surface area contributed by atoms with Crippen LogP contribution in [-0.2, 0) is 21.2 Å². The number of carbonyl (C=O) groups excluding carboxylic acids is 1. The van der Waals surface area contributed by atoms with Gasteiger partial charge in [0.1, 0.15) is 11.8 Å². The third-order valence-electron chi connectivity index (χ3n) is 4.02. The Kier molecular flexibility index (Phi) is 6.26. The largest absolute Gasteiger partial charge is 0.497 e. The number of hydrogen-bond acceptors (Lipinski definition) is 4. The van der Waals surface area contributed by atoms with Crippen molar-refractivity contribution in [2.24, 2.45) is 0 Å². The second-order valence-corrected chi connectivity index (χ2v) is 7.84. The molecule has 0 saturated carbocycles. The summed E-state index contributed by atoms with van der Waals surface area (Å²) in [7, 11) is -2.10. The van der Waals surface area contributed by atoms with Crippen LogP contribution in [0.25, 0.3) is 0 Å². The van der Waals surface area contributed by atoms with Crippen molar-refractivity contribution < 1.29 is 17.9 Å². The Hall–Kier alpha value is -2.54. The van der Waals surface area contributed by atoms with E-state index in [4.69, 9.17) is 4.74 Å². The average molecular weight is 376 g/mol. The summed E-state index contributed by atoms with van der Waals surface area (Å²) in [6, 6.07) is 13.1. The van der Waals surface area contributed by atoms with E-state index in [-0.39, 0.29) is 0 Å². The van der Waals surface area contributed by atoms with Crippen LogP contribution in [0.4, 0.5) is 11.4 Å². The lowest BCUT2D eigenvalue weighted by Gasteiger charge is -2.28. The van der Waals surface area contributed by atoms with Crippen molar-refractivity contribution in [3.8, 4) is 5.75 Å². The fraction of sp³-hybridized carbons (Fsp3) is 0.316. The number of anilines is 2. The zero-order chi connectivity index (χ0) is 19.3. The first-order valence-electron chi connectivity index (χ1n) is 8.29. The Morgan fingerprint density at radius 1 is 1.19 bits per heavy atom. The Morgan fingerprint density at radius 3 is 2.38 bits per heavy atom. The summed E-state index contributed by atoms with van der Waals surface area (Å²) < 4.78 is 30.9. The van der Waals surface area contributed by atoms with Gasteiger partial charge in [0.2, 0.25) is 15.9 Å². The second-order valence-electron chi connectivity index (χ2n) is 5.98. The highest BCUT2D eigenvalue weighted by Gasteiger charge is 2.29. The fourth-order valence-electron chi connectivity index (χ4n) is 2.63. The van der Waals surface area contributed by atoms with Crippen molar-refractivity contribution >= 4 is 27.3 Å². The fourth-order valence-corrected chi connectivity index (χ4v) is 3.81. The van der Waals surface area contributed by atoms with E-state index in [2.05, 4.69) is 5.32 Å². The van der Waals surface area contributed by atoms with Gasteiger partial charge < -0.3 is 10.1 Å². The van der Waals surface area contributed by atoms with Gasteiger partial charge >= 0.3 is 0 Å². The summed E-state index contributed by atoms with van der Waals surface area (Å²) >= 11 is 0. The third-order valence-corrected chi connectivity index (χ3v) is 5.27. The van der Waals surface area contributed by atoms with Crippen LogP contribution in [0.2, 0.25) is 0 Å². The normalized spacial score (nSPS) is 12.3. The van der Waals surface area contributed by atoms with E-state index in [0.29, 0.717) is 17.1 Å². The molecule has 0 saturated heterocycles. The van der Waals surface area contributed by atoms with E-state index < -0.39 is 22.0 Å². The topological polar surface area (TPSA) is 75.7 Å². The minimum absolute atomic E-state index is 0.428. The van der Waals surface area contributed by atoms with E-state index in [1.807, 2.05) is 19.1 Å². The van der Waals surface area contributed by atoms with Gasteiger partial charge in [-0.2, -0.15) is 0 Å². The van der Waals surface area contributed by atoms with E-state index >= 15 is 0 Å². The molecule has 6 nitrogen and oxygen atoms in total. The van der Waals surface area contributed by atoms with E-state index in [9.17, 15) is 13.2 Å². The van der Waals surface area contributed by atoms with Gasteiger partial charge in [-0.15, -0.1) is 0 Å². The highest BCUT2D eigenvalue weighted by atomic mass is 32.2. The van der Waals surface area contributed by atoms with E-state index in [1.165, 1.54) is 7.11 Å². The van der Waals surface area contributed by atoms with Crippen molar-refractivity contribution in [2.75, 3.05) is 23.0 Å². The molecule has 0 heterocycles. The molecule has 0 aliphatic rings. The Labute approximate surface area is 154 Å². The predicted octanol–water partition coefficient (Wildman–Crippen LogP) is 3.05. The lowest BCUT2D eigenvalue weighted by molar-refractivity contribution is -0.116. The first-order chi connectivity index (χ1) is 12.3. The Bertz CT molecular complexity index is 863. The molecule has 7 heteroatoms. The van der Waals surface area contributed by atoms with Gasteiger partial charge in [0.05, 0.1) is 19.1 Å². The van der Waals surface area contributed by atoms with Crippen LogP contribution in [-0.4, -0.2) is 33.7 Å². The van der Waals surface area contributed by atoms with Crippen LogP contribution in [0.5, 0.6) is 5.75 Å². The molecule has 0 spiro atoms. The summed E-state index contributed by atoms with van der Waals surface area (Å²) in [5.74, 6) is 0.175. The van der Waals surface area contributed by atoms with E-state index in [0.717, 1.165) is 22.5 Å². The van der Waals surface area contributed by atoms with Gasteiger partial charge in [0.25, 0.3) is 0 Å². The van der Waals surface area contributed by atoms with Crippen molar-refractivity contribution in [3.63, 3.8) is 0 Å². The van der Waals surface area contributed by atoms with Gasteiger partial charge in [-0.05, 0) is 43.2 Å². The maximum absolute atomic E-state index is 12.6. The number of carbonyl (C=O) groups is 1. The Morgan fingerprint density at radius 2 is 1.85 bits per heavy atom. The standard InChI is InChI=1S/C19H24N2O4S/c1-5-15-9-11-17(12-10-15)21(26(4,23)24)14(2)19(22)20-16-7-6-8-18(13-16)25-3/h6-14H,5H2,1-4H3,(H,20,22)/t14-/m0/s1. The zero-order valence-corrected chi connectivity index (χ0v) is 16.2. The first-order valence-corrected chi connectivity index (χ1v) is 10.1. The number of sulfonamides is 1. The van der Waals surface area contributed by atoms with Crippen molar-refractivity contribution in [3.05, 3.63) is 54.1 Å². The molecule has 1 amide bonds. The molecule has 140 valence electrons. The summed E-state index contributed by atoms with van der Waals surface area (Å²) in [5.41, 5.74) is 2.09. The monoisotopic (exact) mass is 376 g/mol. The lowest BCUT2D eigenvalue weighted by atomic mass is 10.1. The van der Waals surface area contributed by atoms with Crippen LogP contribution >= 0.6 is 0 Å². The minimum Gasteiger partial charge on any atom is -0.497 e. The number of hydrogen-bond donors (Lipinski definition) is 1. The number of nitrogens with one attached hydrogen (secondary N) is 1. The van der Waals surface area contributed by atoms with Crippen LogP contribution in [0.3, 0.4) is 0 Å². The third kappa shape index (κ3) is 4.76. The molecule has 26 heavy (non-hydrogen) atoms. The molecule has 2 rings (SSSR count). The molecule has 0 bridgehead atoms. The molecule has 0 aliphatic carbocycles. The number of methoxy groups -OCH3 is 1. The molecule has 0 radical (unpaired) electrons. The predicted molar refractivity (Wildman–Crippen MR) is 104 cm³/mol. The number of benzene rings is 2. The van der Waals surface area contributed by atoms with Gasteiger partial charge in [0.15, 0.2) is 0 Å². The smallest absolute Gasteiger partial charge is 0.247 e. The highest BCUT2D eigenvalue weighted by molar-refractivity contribution is 7.92. The van der Waals surface area contributed by atoms with Crippen LogP contribution in [0, 0.1) is 0 Å². The molecule has 0 fully saturated rings. The number of rotatable bonds is 7. The minimum atomic E-state index is -3.64. The number of ether oxygens (including phenoxy) is 1. The molecule has 0 aromatic heterocycles. The maximum Gasteiger partial charge on any atom is 0.247 e. The number of amides is 1. The highest BCUT2D eigenvalue weighted by Crippen LogP contribution is 2.23. The van der Waals surface area contributed by atoms with E-state index in [1.54, 1.807) is 43.3 Å². The molecule has 0 aliphatic heterocycles. The van der Waals surface area contributed by atoms with Crippen molar-refractivity contribution in [1.29, 1.82) is 0 Å². The molecular weight excluding hydrogens is 352 g/mol. The second kappa shape index (κ2) is 8.23. The Balaban J connectivity index is 2.27. The summed E-state index contributed by atoms with van der Waals surface area (Å²) in [6.45, 7) is 3.58. The quantitative estimate of drug-likeness (QED) is 0.806. The first kappa shape index (κ1) is 19.8. The molecule has 2 aromatic rings. The molecule has 0 unspecified atom stereocenters. The van der Waals surface area contributed by atoms with Gasteiger partial charge in [-0.25, -0.2) is 8.42 Å². The summed E-state index contributed by atoms with van der Waals surface area (Å²) in [6.07, 6.45) is 1.95. The summed E-state index contributed by atoms with van der Waals surface area (Å²) in [5, 5.41) is 2.74. The average Bonchev–Trinajstić information content (AvgIpc) is 2.61. The summed E-state index contributed by atoms with van der Waals surface area (Å²) in [4.78, 5) is 12.6. The van der Waals surface area contributed by atoms with Crippen LogP contribution in [0.1, 0.15) is 19.4 Å². The molecule has 1 atom stereocenters. The number of aryl methyl sites for hydroxylation is 1. The van der Waals surface area contributed by atoms with Crippen molar-refractivity contribution in [1.82, 2.24) is 0 Å². The maximum atomic E-state index is 12.6. The van der Waals surface area contributed by atoms with Crippen LogP contribution < -0.4 is 14.4 Å². The molecular formula is C19H24N2O4S. The lowest BCUT2D eigenvalue weighted by Crippen LogP contribution is -2.45. The number of nitrogens with zero attached hydrogens (tertiary/aromatic N) is 1. The SMILES string of the molecule is CCc1ccc(N([C@@H](C)C(=O)Nc2cccc(OC)c2)S(C)(=O)=O)cc1. The van der Waals surface area contributed by atoms with Crippen LogP contribution in [0.15, 0.2) is 48.5 Å². The van der Waals surface area contributed by atoms with Gasteiger partial charge in [-0.1, -0.05) is 25.1 Å². The van der Waals surface area contributed by atoms with Crippen molar-refractivity contribution in [2.45, 2.75) is 26.3 Å².